The first kappa shape index (κ1) is 26.1. The van der Waals surface area contributed by atoms with E-state index in [-0.39, 0.29) is 29.7 Å². The van der Waals surface area contributed by atoms with Crippen LogP contribution in [0.3, 0.4) is 0 Å². The van der Waals surface area contributed by atoms with Gasteiger partial charge in [0.1, 0.15) is 11.9 Å². The first-order valence-electron chi connectivity index (χ1n) is 13.2. The maximum absolute atomic E-state index is 9.59. The Labute approximate surface area is 216 Å². The van der Waals surface area contributed by atoms with Crippen molar-refractivity contribution in [2.45, 2.75) is 69.6 Å². The molecule has 36 heavy (non-hydrogen) atoms. The summed E-state index contributed by atoms with van der Waals surface area (Å²) in [6, 6.07) is 32.0. The summed E-state index contributed by atoms with van der Waals surface area (Å²) in [5, 5.41) is 13.5. The molecule has 3 atom stereocenters. The lowest BCUT2D eigenvalue weighted by molar-refractivity contribution is -0.00916. The highest BCUT2D eigenvalue weighted by Gasteiger charge is 2.43. The third-order valence-corrected chi connectivity index (χ3v) is 7.03. The number of ether oxygens (including phenoxy) is 1. The highest BCUT2D eigenvalue weighted by Crippen LogP contribution is 2.43. The van der Waals surface area contributed by atoms with Gasteiger partial charge in [0.05, 0.1) is 17.1 Å². The number of nitrogens with one attached hydrogen (secondary N) is 1. The Morgan fingerprint density at radius 1 is 0.778 bits per heavy atom. The van der Waals surface area contributed by atoms with Gasteiger partial charge in [-0.2, -0.15) is 0 Å². The molecular weight excluding hydrogens is 444 g/mol. The van der Waals surface area contributed by atoms with Gasteiger partial charge in [-0.05, 0) is 63.1 Å². The number of benzene rings is 3. The molecule has 2 N–H and O–H groups in total. The summed E-state index contributed by atoms with van der Waals surface area (Å²) >= 11 is 0. The molecule has 0 spiro atoms. The molecular formula is C32H40N2O2. The lowest BCUT2D eigenvalue weighted by Crippen LogP contribution is -2.44. The van der Waals surface area contributed by atoms with Crippen LogP contribution in [0.15, 0.2) is 96.0 Å². The molecule has 4 rings (SSSR count). The molecule has 1 aliphatic heterocycles. The molecule has 0 bridgehead atoms. The van der Waals surface area contributed by atoms with Crippen molar-refractivity contribution in [1.29, 1.82) is 0 Å². The zero-order chi connectivity index (χ0) is 25.4. The van der Waals surface area contributed by atoms with Crippen molar-refractivity contribution < 1.29 is 9.84 Å². The molecule has 4 heteroatoms. The number of unbranched alkanes of at least 4 members (excludes halogenated alkanes) is 1. The molecule has 0 amide bonds. The Kier molecular flexibility index (Phi) is 8.60. The Bertz CT molecular complexity index is 1090. The van der Waals surface area contributed by atoms with Crippen LogP contribution < -0.4 is 5.32 Å². The Morgan fingerprint density at radius 2 is 1.36 bits per heavy atom. The van der Waals surface area contributed by atoms with Crippen LogP contribution in [-0.2, 0) is 10.2 Å². The van der Waals surface area contributed by atoms with Crippen LogP contribution >= 0.6 is 0 Å². The van der Waals surface area contributed by atoms with Gasteiger partial charge in [0, 0.05) is 13.2 Å². The van der Waals surface area contributed by atoms with Gasteiger partial charge in [-0.15, -0.1) is 0 Å². The van der Waals surface area contributed by atoms with E-state index < -0.39 is 0 Å². The zero-order valence-corrected chi connectivity index (χ0v) is 21.9. The second-order valence-corrected chi connectivity index (χ2v) is 10.7. The number of rotatable bonds is 11. The Hall–Kier alpha value is -2.95. The number of aliphatic hydroxyl groups excluding tert-OH is 1. The second-order valence-electron chi connectivity index (χ2n) is 10.7. The number of aliphatic hydroxyl groups is 1. The van der Waals surface area contributed by atoms with Crippen LogP contribution in [0, 0.1) is 0 Å². The number of aliphatic imine (C=N–C) groups is 1. The van der Waals surface area contributed by atoms with Gasteiger partial charge in [0.2, 0.25) is 0 Å². The van der Waals surface area contributed by atoms with Crippen molar-refractivity contribution in [3.63, 3.8) is 0 Å². The summed E-state index contributed by atoms with van der Waals surface area (Å²) in [6.45, 7) is 7.13. The van der Waals surface area contributed by atoms with Gasteiger partial charge in [-0.1, -0.05) is 91.0 Å². The molecule has 0 saturated heterocycles. The molecule has 0 aliphatic carbocycles. The van der Waals surface area contributed by atoms with E-state index >= 15 is 0 Å². The highest BCUT2D eigenvalue weighted by atomic mass is 16.5. The fraction of sp³-hybridized carbons (Fsp3) is 0.406. The van der Waals surface area contributed by atoms with E-state index in [0.29, 0.717) is 6.61 Å². The summed E-state index contributed by atoms with van der Waals surface area (Å²) in [5.41, 5.74) is 3.13. The number of amidine groups is 1. The van der Waals surface area contributed by atoms with Crippen LogP contribution in [-0.4, -0.2) is 29.8 Å². The minimum Gasteiger partial charge on any atom is -0.396 e. The summed E-state index contributed by atoms with van der Waals surface area (Å²) < 4.78 is 6.26. The Morgan fingerprint density at radius 3 is 1.94 bits per heavy atom. The molecule has 1 heterocycles. The van der Waals surface area contributed by atoms with Crippen molar-refractivity contribution in [2.24, 2.45) is 4.99 Å². The molecule has 190 valence electrons. The quantitative estimate of drug-likeness (QED) is 0.295. The van der Waals surface area contributed by atoms with E-state index in [4.69, 9.17) is 9.73 Å². The molecule has 1 aliphatic rings. The third kappa shape index (κ3) is 6.24. The van der Waals surface area contributed by atoms with Gasteiger partial charge in [0.15, 0.2) is 0 Å². The van der Waals surface area contributed by atoms with Crippen molar-refractivity contribution in [3.05, 3.63) is 108 Å². The minimum atomic E-state index is -0.335. The monoisotopic (exact) mass is 484 g/mol. The average molecular weight is 485 g/mol. The zero-order valence-electron chi connectivity index (χ0n) is 21.9. The molecule has 0 unspecified atom stereocenters. The highest BCUT2D eigenvalue weighted by molar-refractivity contribution is 5.95. The van der Waals surface area contributed by atoms with Gasteiger partial charge in [0.25, 0.3) is 0 Å². The SMILES string of the molecule is CC(C)(C)OCC[C@](CCCCO)(C1=N[C@H](c2ccccc2)[C@@H](c2ccccc2)N1)c1ccccc1. The first-order chi connectivity index (χ1) is 17.4. The maximum Gasteiger partial charge on any atom is 0.109 e. The lowest BCUT2D eigenvalue weighted by Gasteiger charge is -2.36. The molecule has 0 radical (unpaired) electrons. The van der Waals surface area contributed by atoms with E-state index in [1.807, 2.05) is 0 Å². The van der Waals surface area contributed by atoms with Gasteiger partial charge in [-0.3, -0.25) is 4.99 Å². The van der Waals surface area contributed by atoms with Crippen molar-refractivity contribution in [2.75, 3.05) is 13.2 Å². The van der Waals surface area contributed by atoms with Crippen LogP contribution in [0.4, 0.5) is 0 Å². The van der Waals surface area contributed by atoms with E-state index in [0.717, 1.165) is 31.5 Å². The third-order valence-electron chi connectivity index (χ3n) is 7.03. The largest absolute Gasteiger partial charge is 0.396 e. The summed E-state index contributed by atoms with van der Waals surface area (Å²) in [7, 11) is 0. The smallest absolute Gasteiger partial charge is 0.109 e. The molecule has 0 fully saturated rings. The molecule has 3 aromatic rings. The number of hydrogen-bond donors (Lipinski definition) is 2. The van der Waals surface area contributed by atoms with Crippen LogP contribution in [0.25, 0.3) is 0 Å². The van der Waals surface area contributed by atoms with E-state index in [1.165, 1.54) is 16.7 Å². The Balaban J connectivity index is 1.79. The predicted octanol–water partition coefficient (Wildman–Crippen LogP) is 6.78. The van der Waals surface area contributed by atoms with E-state index in [9.17, 15) is 5.11 Å². The summed E-state index contributed by atoms with van der Waals surface area (Å²) in [4.78, 5) is 5.45. The van der Waals surface area contributed by atoms with E-state index in [2.05, 4.69) is 117 Å². The maximum atomic E-state index is 9.59. The fourth-order valence-electron chi connectivity index (χ4n) is 5.20. The van der Waals surface area contributed by atoms with Crippen molar-refractivity contribution in [3.8, 4) is 0 Å². The normalized spacial score (nSPS) is 19.4. The minimum absolute atomic E-state index is 0.0203. The molecule has 4 nitrogen and oxygen atoms in total. The second kappa shape index (κ2) is 11.9. The van der Waals surface area contributed by atoms with Crippen molar-refractivity contribution in [1.82, 2.24) is 5.32 Å². The first-order valence-corrected chi connectivity index (χ1v) is 13.2. The van der Waals surface area contributed by atoms with E-state index in [1.54, 1.807) is 0 Å². The number of hydrogen-bond acceptors (Lipinski definition) is 4. The predicted molar refractivity (Wildman–Crippen MR) is 148 cm³/mol. The summed E-state index contributed by atoms with van der Waals surface area (Å²) in [6.07, 6.45) is 3.38. The molecule has 3 aromatic carbocycles. The molecule has 0 saturated carbocycles. The van der Waals surface area contributed by atoms with Gasteiger partial charge < -0.3 is 15.2 Å². The fourth-order valence-corrected chi connectivity index (χ4v) is 5.20. The van der Waals surface area contributed by atoms with Crippen LogP contribution in [0.2, 0.25) is 0 Å². The topological polar surface area (TPSA) is 53.9 Å². The van der Waals surface area contributed by atoms with Crippen LogP contribution in [0.5, 0.6) is 0 Å². The van der Waals surface area contributed by atoms with Gasteiger partial charge >= 0.3 is 0 Å². The molecule has 0 aromatic heterocycles. The average Bonchev–Trinajstić information content (AvgIpc) is 3.35. The van der Waals surface area contributed by atoms with Gasteiger partial charge in [-0.25, -0.2) is 0 Å². The standard InChI is InChI=1S/C32H40N2O2/c1-31(2,3)36-24-22-32(21-13-14-23-35,27-19-11-6-12-20-27)30-33-28(25-15-7-4-8-16-25)29(34-30)26-17-9-5-10-18-26/h4-12,15-20,28-29,35H,13-14,21-24H2,1-3H3,(H,33,34)/t28-,29-,32+/m1/s1. The lowest BCUT2D eigenvalue weighted by atomic mass is 9.72. The summed E-state index contributed by atoms with van der Waals surface area (Å²) in [5.74, 6) is 1.02. The van der Waals surface area contributed by atoms with Crippen LogP contribution in [0.1, 0.15) is 75.2 Å². The number of nitrogens with zero attached hydrogens (tertiary/aromatic N) is 1. The van der Waals surface area contributed by atoms with Crippen molar-refractivity contribution >= 4 is 5.84 Å².